The van der Waals surface area contributed by atoms with Crippen LogP contribution in [0.3, 0.4) is 0 Å². The van der Waals surface area contributed by atoms with Crippen molar-refractivity contribution in [3.8, 4) is 0 Å². The summed E-state index contributed by atoms with van der Waals surface area (Å²) in [6, 6.07) is 11.4. The number of hydrogen-bond donors (Lipinski definition) is 2. The Hall–Kier alpha value is -2.89. The van der Waals surface area contributed by atoms with Gasteiger partial charge in [-0.1, -0.05) is 12.1 Å². The van der Waals surface area contributed by atoms with E-state index in [-0.39, 0.29) is 11.6 Å². The van der Waals surface area contributed by atoms with Gasteiger partial charge < -0.3 is 11.1 Å². The lowest BCUT2D eigenvalue weighted by Gasteiger charge is -2.08. The van der Waals surface area contributed by atoms with Crippen LogP contribution in [0, 0.1) is 17.0 Å². The molecule has 0 aliphatic rings. The molecule has 1 amide bonds. The number of aryl methyl sites for hydroxylation is 1. The molecule has 6 nitrogen and oxygen atoms in total. The topological polar surface area (TPSA) is 98.3 Å². The van der Waals surface area contributed by atoms with Crippen molar-refractivity contribution >= 4 is 17.3 Å². The highest BCUT2D eigenvalue weighted by atomic mass is 16.6. The van der Waals surface area contributed by atoms with Crippen LogP contribution in [-0.2, 0) is 6.54 Å². The quantitative estimate of drug-likeness (QED) is 0.512. The lowest BCUT2D eigenvalue weighted by Crippen LogP contribution is -2.23. The molecule has 2 aromatic rings. The Kier molecular flexibility index (Phi) is 4.18. The van der Waals surface area contributed by atoms with Gasteiger partial charge in [-0.3, -0.25) is 14.9 Å². The highest BCUT2D eigenvalue weighted by Crippen LogP contribution is 2.17. The number of nitro benzene ring substituents is 1. The number of carbonyl (C=O) groups excluding carboxylic acids is 1. The molecular formula is C15H15N3O3. The second-order valence-electron chi connectivity index (χ2n) is 4.68. The minimum Gasteiger partial charge on any atom is -0.399 e. The molecule has 21 heavy (non-hydrogen) atoms. The molecule has 0 atom stereocenters. The van der Waals surface area contributed by atoms with Crippen LogP contribution >= 0.6 is 0 Å². The van der Waals surface area contributed by atoms with Crippen molar-refractivity contribution in [3.63, 3.8) is 0 Å². The monoisotopic (exact) mass is 285 g/mol. The average Bonchev–Trinajstić information content (AvgIpc) is 2.46. The van der Waals surface area contributed by atoms with Crippen LogP contribution in [-0.4, -0.2) is 10.8 Å². The van der Waals surface area contributed by atoms with Gasteiger partial charge in [0.05, 0.1) is 4.92 Å². The number of non-ortho nitro benzene ring substituents is 1. The number of anilines is 1. The molecule has 2 rings (SSSR count). The Balaban J connectivity index is 2.06. The van der Waals surface area contributed by atoms with Crippen molar-refractivity contribution in [1.82, 2.24) is 5.32 Å². The fourth-order valence-electron chi connectivity index (χ4n) is 1.93. The van der Waals surface area contributed by atoms with E-state index in [0.29, 0.717) is 23.4 Å². The maximum Gasteiger partial charge on any atom is 0.269 e. The van der Waals surface area contributed by atoms with Crippen molar-refractivity contribution in [2.75, 3.05) is 5.73 Å². The van der Waals surface area contributed by atoms with Crippen LogP contribution in [0.2, 0.25) is 0 Å². The van der Waals surface area contributed by atoms with Crippen LogP contribution in [0.5, 0.6) is 0 Å². The molecule has 0 aliphatic carbocycles. The first kappa shape index (κ1) is 14.5. The molecule has 0 saturated heterocycles. The molecule has 0 unspecified atom stereocenters. The van der Waals surface area contributed by atoms with Crippen molar-refractivity contribution < 1.29 is 9.72 Å². The SMILES string of the molecule is Cc1cc([N+](=O)[O-])ccc1C(=O)NCc1ccc(N)cc1. The zero-order chi connectivity index (χ0) is 15.4. The van der Waals surface area contributed by atoms with Crippen LogP contribution in [0.1, 0.15) is 21.5 Å². The molecule has 0 aliphatic heterocycles. The first-order chi connectivity index (χ1) is 9.97. The van der Waals surface area contributed by atoms with Gasteiger partial charge >= 0.3 is 0 Å². The van der Waals surface area contributed by atoms with Gasteiger partial charge in [0.1, 0.15) is 0 Å². The third kappa shape index (κ3) is 3.56. The Morgan fingerprint density at radius 3 is 2.48 bits per heavy atom. The highest BCUT2D eigenvalue weighted by molar-refractivity contribution is 5.95. The summed E-state index contributed by atoms with van der Waals surface area (Å²) in [6.45, 7) is 2.04. The van der Waals surface area contributed by atoms with Gasteiger partial charge in [-0.15, -0.1) is 0 Å². The maximum atomic E-state index is 12.1. The molecule has 0 fully saturated rings. The lowest BCUT2D eigenvalue weighted by molar-refractivity contribution is -0.384. The molecule has 6 heteroatoms. The van der Waals surface area contributed by atoms with Crippen LogP contribution < -0.4 is 11.1 Å². The molecule has 3 N–H and O–H groups in total. The van der Waals surface area contributed by atoms with E-state index in [0.717, 1.165) is 5.56 Å². The number of nitrogen functional groups attached to an aromatic ring is 1. The Labute approximate surface area is 121 Å². The van der Waals surface area contributed by atoms with Gasteiger partial charge in [-0.2, -0.15) is 0 Å². The third-order valence-electron chi connectivity index (χ3n) is 3.10. The van der Waals surface area contributed by atoms with Crippen LogP contribution in [0.15, 0.2) is 42.5 Å². The standard InChI is InChI=1S/C15H15N3O3/c1-10-8-13(18(20)21)6-7-14(10)15(19)17-9-11-2-4-12(16)5-3-11/h2-8H,9,16H2,1H3,(H,17,19). The molecule has 2 aromatic carbocycles. The fourth-order valence-corrected chi connectivity index (χ4v) is 1.93. The molecule has 0 saturated carbocycles. The van der Waals surface area contributed by atoms with Gasteiger partial charge in [0.15, 0.2) is 0 Å². The van der Waals surface area contributed by atoms with Gasteiger partial charge in [0.2, 0.25) is 0 Å². The van der Waals surface area contributed by atoms with Gasteiger partial charge in [-0.05, 0) is 36.2 Å². The first-order valence-corrected chi connectivity index (χ1v) is 6.35. The fraction of sp³-hybridized carbons (Fsp3) is 0.133. The van der Waals surface area contributed by atoms with Crippen LogP contribution in [0.25, 0.3) is 0 Å². The average molecular weight is 285 g/mol. The molecule has 0 heterocycles. The number of nitrogens with one attached hydrogen (secondary N) is 1. The third-order valence-corrected chi connectivity index (χ3v) is 3.10. The second kappa shape index (κ2) is 6.04. The van der Waals surface area contributed by atoms with E-state index in [9.17, 15) is 14.9 Å². The Morgan fingerprint density at radius 1 is 1.24 bits per heavy atom. The molecular weight excluding hydrogens is 270 g/mol. The predicted octanol–water partition coefficient (Wildman–Crippen LogP) is 2.42. The Bertz CT molecular complexity index is 681. The number of hydrogen-bond acceptors (Lipinski definition) is 4. The number of benzene rings is 2. The molecule has 0 spiro atoms. The largest absolute Gasteiger partial charge is 0.399 e. The van der Waals surface area contributed by atoms with E-state index in [4.69, 9.17) is 5.73 Å². The molecule has 0 radical (unpaired) electrons. The van der Waals surface area contributed by atoms with Gasteiger partial charge in [-0.25, -0.2) is 0 Å². The minimum atomic E-state index is -0.483. The number of rotatable bonds is 4. The Morgan fingerprint density at radius 2 is 1.90 bits per heavy atom. The molecule has 0 aromatic heterocycles. The maximum absolute atomic E-state index is 12.1. The smallest absolute Gasteiger partial charge is 0.269 e. The summed E-state index contributed by atoms with van der Waals surface area (Å²) in [4.78, 5) is 22.3. The van der Waals surface area contributed by atoms with E-state index < -0.39 is 4.92 Å². The molecule has 108 valence electrons. The van der Waals surface area contributed by atoms with Crippen molar-refractivity contribution in [3.05, 3.63) is 69.3 Å². The van der Waals surface area contributed by atoms with E-state index in [2.05, 4.69) is 5.32 Å². The van der Waals surface area contributed by atoms with Crippen molar-refractivity contribution in [2.45, 2.75) is 13.5 Å². The second-order valence-corrected chi connectivity index (χ2v) is 4.68. The van der Waals surface area contributed by atoms with E-state index >= 15 is 0 Å². The van der Waals surface area contributed by atoms with Crippen LogP contribution in [0.4, 0.5) is 11.4 Å². The van der Waals surface area contributed by atoms with Gasteiger partial charge in [0, 0.05) is 29.9 Å². The number of nitrogens with two attached hydrogens (primary N) is 1. The first-order valence-electron chi connectivity index (χ1n) is 6.35. The predicted molar refractivity (Wildman–Crippen MR) is 79.9 cm³/mol. The zero-order valence-corrected chi connectivity index (χ0v) is 11.5. The summed E-state index contributed by atoms with van der Waals surface area (Å²) in [7, 11) is 0. The van der Waals surface area contributed by atoms with E-state index in [1.54, 1.807) is 19.1 Å². The summed E-state index contributed by atoms with van der Waals surface area (Å²) in [5.74, 6) is -0.265. The van der Waals surface area contributed by atoms with Crippen molar-refractivity contribution in [2.24, 2.45) is 0 Å². The number of amides is 1. The van der Waals surface area contributed by atoms with Gasteiger partial charge in [0.25, 0.3) is 11.6 Å². The summed E-state index contributed by atoms with van der Waals surface area (Å²) in [5.41, 5.74) is 8.15. The summed E-state index contributed by atoms with van der Waals surface area (Å²) in [6.07, 6.45) is 0. The number of carbonyl (C=O) groups is 1. The van der Waals surface area contributed by atoms with E-state index in [1.165, 1.54) is 18.2 Å². The number of nitrogens with zero attached hydrogens (tertiary/aromatic N) is 1. The summed E-state index contributed by atoms with van der Waals surface area (Å²) in [5, 5.41) is 13.4. The lowest BCUT2D eigenvalue weighted by atomic mass is 10.1. The summed E-state index contributed by atoms with van der Waals surface area (Å²) >= 11 is 0. The normalized spacial score (nSPS) is 10.1. The van der Waals surface area contributed by atoms with E-state index in [1.807, 2.05) is 12.1 Å². The molecule has 0 bridgehead atoms. The minimum absolute atomic E-state index is 0.0254. The number of nitro groups is 1. The summed E-state index contributed by atoms with van der Waals surface area (Å²) < 4.78 is 0. The highest BCUT2D eigenvalue weighted by Gasteiger charge is 2.13. The van der Waals surface area contributed by atoms with Crippen molar-refractivity contribution in [1.29, 1.82) is 0 Å². The zero-order valence-electron chi connectivity index (χ0n) is 11.5.